The molecular formula is C20H28O4S. The second-order valence-electron chi connectivity index (χ2n) is 7.46. The highest BCUT2D eigenvalue weighted by atomic mass is 32.2. The molecule has 0 aliphatic heterocycles. The Hall–Kier alpha value is -1.46. The summed E-state index contributed by atoms with van der Waals surface area (Å²) in [5, 5.41) is 0. The lowest BCUT2D eigenvalue weighted by Gasteiger charge is -2.34. The second kappa shape index (κ2) is 6.69. The minimum atomic E-state index is -4.21. The zero-order chi connectivity index (χ0) is 19.0. The first-order valence-corrected chi connectivity index (χ1v) is 10.5. The number of aryl methyl sites for hydroxylation is 1. The van der Waals surface area contributed by atoms with Gasteiger partial charge in [-0.3, -0.25) is 9.35 Å². The van der Waals surface area contributed by atoms with Crippen molar-refractivity contribution >= 4 is 22.0 Å². The first kappa shape index (κ1) is 19.9. The standard InChI is InChI=1S/C18H22O4S.C2H6/c1-12-4-6-13(7-5-12)10-14-15-8-9-18(16(14)19,17(15,2)3)11-23(20,21)22;1-2/h4-7,10,15H,8-9,11H2,1-3H3,(H,20,21,22);1-2H3/b14-10+;. The second-order valence-corrected chi connectivity index (χ2v) is 8.91. The van der Waals surface area contributed by atoms with Gasteiger partial charge < -0.3 is 0 Å². The minimum absolute atomic E-state index is 0.0399. The SMILES string of the molecule is CC.Cc1ccc(/C=C2/C(=O)C3(CS(=O)(=O)O)CCC2C3(C)C)cc1. The van der Waals surface area contributed by atoms with Crippen molar-refractivity contribution in [3.8, 4) is 0 Å². The van der Waals surface area contributed by atoms with Crippen molar-refractivity contribution in [2.75, 3.05) is 5.75 Å². The Kier molecular flexibility index (Phi) is 5.31. The van der Waals surface area contributed by atoms with Crippen molar-refractivity contribution < 1.29 is 17.8 Å². The molecule has 2 aliphatic rings. The van der Waals surface area contributed by atoms with E-state index in [0.717, 1.165) is 17.5 Å². The zero-order valence-corrected chi connectivity index (χ0v) is 16.5. The molecule has 138 valence electrons. The van der Waals surface area contributed by atoms with Gasteiger partial charge in [-0.05, 0) is 42.7 Å². The zero-order valence-electron chi connectivity index (χ0n) is 15.7. The Morgan fingerprint density at radius 1 is 1.20 bits per heavy atom. The van der Waals surface area contributed by atoms with E-state index in [1.165, 1.54) is 0 Å². The van der Waals surface area contributed by atoms with Crippen LogP contribution in [0.4, 0.5) is 0 Å². The Balaban J connectivity index is 0.00000109. The average Bonchev–Trinajstić information content (AvgIpc) is 2.85. The molecule has 2 bridgehead atoms. The molecule has 0 spiro atoms. The van der Waals surface area contributed by atoms with Crippen LogP contribution in [-0.2, 0) is 14.9 Å². The molecule has 5 heteroatoms. The molecule has 2 unspecified atom stereocenters. The predicted octanol–water partition coefficient (Wildman–Crippen LogP) is 4.30. The fourth-order valence-corrected chi connectivity index (χ4v) is 5.71. The van der Waals surface area contributed by atoms with Crippen molar-refractivity contribution in [3.63, 3.8) is 0 Å². The number of ketones is 1. The van der Waals surface area contributed by atoms with Crippen LogP contribution in [0.1, 0.15) is 51.7 Å². The number of carbonyl (C=O) groups is 1. The number of allylic oxidation sites excluding steroid dienone is 1. The fourth-order valence-electron chi connectivity index (χ4n) is 4.44. The lowest BCUT2D eigenvalue weighted by molar-refractivity contribution is -0.125. The van der Waals surface area contributed by atoms with E-state index in [4.69, 9.17) is 0 Å². The van der Waals surface area contributed by atoms with E-state index in [-0.39, 0.29) is 11.7 Å². The molecule has 0 amide bonds. The van der Waals surface area contributed by atoms with Crippen LogP contribution in [0.5, 0.6) is 0 Å². The van der Waals surface area contributed by atoms with Crippen molar-refractivity contribution in [3.05, 3.63) is 41.0 Å². The summed E-state index contributed by atoms with van der Waals surface area (Å²) in [6.45, 7) is 9.90. The molecule has 1 aromatic carbocycles. The molecule has 2 atom stereocenters. The normalized spacial score (nSPS) is 28.8. The molecule has 0 aromatic heterocycles. The number of carbonyl (C=O) groups excluding carboxylic acids is 1. The first-order chi connectivity index (χ1) is 11.6. The van der Waals surface area contributed by atoms with Crippen molar-refractivity contribution in [2.24, 2.45) is 16.7 Å². The summed E-state index contributed by atoms with van der Waals surface area (Å²) in [5.74, 6) is -0.553. The van der Waals surface area contributed by atoms with Gasteiger partial charge in [0.25, 0.3) is 10.1 Å². The predicted molar refractivity (Wildman–Crippen MR) is 101 cm³/mol. The third kappa shape index (κ3) is 3.32. The summed E-state index contributed by atoms with van der Waals surface area (Å²) >= 11 is 0. The van der Waals surface area contributed by atoms with E-state index in [0.29, 0.717) is 12.0 Å². The summed E-state index contributed by atoms with van der Waals surface area (Å²) in [6, 6.07) is 7.90. The smallest absolute Gasteiger partial charge is 0.265 e. The maximum atomic E-state index is 13.0. The van der Waals surface area contributed by atoms with Crippen LogP contribution >= 0.6 is 0 Å². The topological polar surface area (TPSA) is 71.4 Å². The van der Waals surface area contributed by atoms with Gasteiger partial charge in [0.1, 0.15) is 0 Å². The first-order valence-electron chi connectivity index (χ1n) is 8.85. The lowest BCUT2D eigenvalue weighted by atomic mass is 9.70. The molecule has 2 fully saturated rings. The summed E-state index contributed by atoms with van der Waals surface area (Å²) < 4.78 is 32.3. The largest absolute Gasteiger partial charge is 0.294 e. The molecule has 3 rings (SSSR count). The number of fused-ring (bicyclic) bond motifs is 2. The van der Waals surface area contributed by atoms with Crippen molar-refractivity contribution in [2.45, 2.75) is 47.5 Å². The van der Waals surface area contributed by atoms with Gasteiger partial charge in [-0.2, -0.15) is 8.42 Å². The average molecular weight is 365 g/mol. The van der Waals surface area contributed by atoms with Gasteiger partial charge in [-0.15, -0.1) is 0 Å². The lowest BCUT2D eigenvalue weighted by Crippen LogP contribution is -2.42. The van der Waals surface area contributed by atoms with E-state index in [9.17, 15) is 17.8 Å². The summed E-state index contributed by atoms with van der Waals surface area (Å²) in [6.07, 6.45) is 3.19. The Bertz CT molecular complexity index is 787. The monoisotopic (exact) mass is 364 g/mol. The van der Waals surface area contributed by atoms with Crippen molar-refractivity contribution in [1.29, 1.82) is 0 Å². The molecule has 4 nitrogen and oxygen atoms in total. The molecule has 1 N–H and O–H groups in total. The van der Waals surface area contributed by atoms with E-state index in [2.05, 4.69) is 0 Å². The molecule has 25 heavy (non-hydrogen) atoms. The Labute approximate surface area is 151 Å². The van der Waals surface area contributed by atoms with E-state index >= 15 is 0 Å². The van der Waals surface area contributed by atoms with E-state index in [1.807, 2.05) is 65.0 Å². The number of benzene rings is 1. The van der Waals surface area contributed by atoms with Gasteiger partial charge in [-0.1, -0.05) is 57.5 Å². The number of hydrogen-bond acceptors (Lipinski definition) is 3. The Morgan fingerprint density at radius 3 is 2.28 bits per heavy atom. The van der Waals surface area contributed by atoms with Gasteiger partial charge >= 0.3 is 0 Å². The molecule has 0 radical (unpaired) electrons. The molecule has 0 saturated heterocycles. The quantitative estimate of drug-likeness (QED) is 0.641. The molecule has 1 aromatic rings. The summed E-state index contributed by atoms with van der Waals surface area (Å²) in [7, 11) is -4.21. The molecule has 0 heterocycles. The van der Waals surface area contributed by atoms with Gasteiger partial charge in [0.15, 0.2) is 5.78 Å². The van der Waals surface area contributed by atoms with Gasteiger partial charge in [0, 0.05) is 5.57 Å². The summed E-state index contributed by atoms with van der Waals surface area (Å²) in [4.78, 5) is 13.0. The highest BCUT2D eigenvalue weighted by Crippen LogP contribution is 2.66. The van der Waals surface area contributed by atoms with E-state index in [1.54, 1.807) is 0 Å². The highest BCUT2D eigenvalue weighted by Gasteiger charge is 2.67. The Morgan fingerprint density at radius 2 is 1.76 bits per heavy atom. The molecule has 2 aliphatic carbocycles. The van der Waals surface area contributed by atoms with Crippen LogP contribution < -0.4 is 0 Å². The maximum Gasteiger partial charge on any atom is 0.265 e. The van der Waals surface area contributed by atoms with Crippen LogP contribution in [0.15, 0.2) is 29.8 Å². The number of rotatable bonds is 3. The minimum Gasteiger partial charge on any atom is -0.294 e. The van der Waals surface area contributed by atoms with Crippen LogP contribution in [0, 0.1) is 23.7 Å². The number of hydrogen-bond donors (Lipinski definition) is 1. The fraction of sp³-hybridized carbons (Fsp3) is 0.550. The van der Waals surface area contributed by atoms with Crippen LogP contribution in [0.2, 0.25) is 0 Å². The number of Topliss-reactive ketones (excluding diaryl/α,β-unsaturated/α-hetero) is 1. The third-order valence-corrected chi connectivity index (χ3v) is 6.72. The van der Waals surface area contributed by atoms with Crippen LogP contribution in [0.25, 0.3) is 6.08 Å². The van der Waals surface area contributed by atoms with Gasteiger partial charge in [0.05, 0.1) is 11.2 Å². The van der Waals surface area contributed by atoms with Gasteiger partial charge in [0.2, 0.25) is 0 Å². The van der Waals surface area contributed by atoms with Crippen LogP contribution in [-0.4, -0.2) is 24.5 Å². The summed E-state index contributed by atoms with van der Waals surface area (Å²) in [5.41, 5.74) is 1.34. The van der Waals surface area contributed by atoms with Crippen molar-refractivity contribution in [1.82, 2.24) is 0 Å². The van der Waals surface area contributed by atoms with Crippen LogP contribution in [0.3, 0.4) is 0 Å². The third-order valence-electron chi connectivity index (χ3n) is 5.86. The van der Waals surface area contributed by atoms with Gasteiger partial charge in [-0.25, -0.2) is 0 Å². The van der Waals surface area contributed by atoms with E-state index < -0.39 is 26.7 Å². The maximum absolute atomic E-state index is 13.0. The molecule has 2 saturated carbocycles. The molecular weight excluding hydrogens is 336 g/mol. The highest BCUT2D eigenvalue weighted by molar-refractivity contribution is 7.85.